The minimum absolute atomic E-state index is 0.0119. The number of alkyl halides is 6. The van der Waals surface area contributed by atoms with Crippen LogP contribution in [-0.2, 0) is 19.9 Å². The molecule has 2 aromatic heterocycles. The third kappa shape index (κ3) is 7.81. The Morgan fingerprint density at radius 1 is 1.06 bits per heavy atom. The maximum atomic E-state index is 14.9. The average molecular weight is 779 g/mol. The summed E-state index contributed by atoms with van der Waals surface area (Å²) >= 11 is 6.45. The summed E-state index contributed by atoms with van der Waals surface area (Å²) in [5, 5.41) is 7.60. The molecule has 4 atom stereocenters. The first-order valence-electron chi connectivity index (χ1n) is 16.9. The van der Waals surface area contributed by atoms with Gasteiger partial charge in [-0.3, -0.25) is 14.5 Å². The summed E-state index contributed by atoms with van der Waals surface area (Å²) in [6.07, 6.45) is 0.409. The number of hydrogen-bond donors (Lipinski definition) is 1. The number of nitrogens with zero attached hydrogens (tertiary/aromatic N) is 7. The van der Waals surface area contributed by atoms with Gasteiger partial charge in [-0.25, -0.2) is 36.9 Å². The van der Waals surface area contributed by atoms with E-state index in [2.05, 4.69) is 15.2 Å². The molecule has 3 heterocycles. The van der Waals surface area contributed by atoms with E-state index < -0.39 is 72.0 Å². The summed E-state index contributed by atoms with van der Waals surface area (Å²) in [7, 11) is 0. The molecule has 2 aromatic carbocycles. The first-order valence-corrected chi connectivity index (χ1v) is 17.3. The highest BCUT2D eigenvalue weighted by Gasteiger charge is 2.54. The minimum atomic E-state index is -3.02. The van der Waals surface area contributed by atoms with E-state index in [0.717, 1.165) is 22.8 Å². The number of esters is 1. The molecule has 0 saturated heterocycles. The van der Waals surface area contributed by atoms with E-state index in [9.17, 15) is 35.9 Å². The summed E-state index contributed by atoms with van der Waals surface area (Å²) in [4.78, 5) is 37.5. The highest BCUT2D eigenvalue weighted by molar-refractivity contribution is 6.32. The summed E-state index contributed by atoms with van der Waals surface area (Å²) in [5.74, 6) is -6.82. The molecule has 1 aliphatic heterocycles. The van der Waals surface area contributed by atoms with E-state index in [1.165, 1.54) is 30.6 Å². The van der Waals surface area contributed by atoms with E-state index in [-0.39, 0.29) is 41.5 Å². The second-order valence-electron chi connectivity index (χ2n) is 14.8. The fourth-order valence-electron chi connectivity index (χ4n) is 6.95. The van der Waals surface area contributed by atoms with Crippen molar-refractivity contribution in [2.24, 2.45) is 28.0 Å². The van der Waals surface area contributed by atoms with Crippen LogP contribution in [-0.4, -0.2) is 59.8 Å². The van der Waals surface area contributed by atoms with Crippen molar-refractivity contribution in [3.8, 4) is 16.8 Å². The van der Waals surface area contributed by atoms with E-state index in [1.54, 1.807) is 24.3 Å². The number of aliphatic imine (C=N–C) groups is 1. The van der Waals surface area contributed by atoms with E-state index in [1.807, 2.05) is 20.8 Å². The van der Waals surface area contributed by atoms with Crippen molar-refractivity contribution >= 4 is 29.4 Å². The number of benzene rings is 2. The molecule has 0 bridgehead atoms. The Morgan fingerprint density at radius 2 is 1.76 bits per heavy atom. The van der Waals surface area contributed by atoms with Crippen molar-refractivity contribution in [2.45, 2.75) is 77.4 Å². The molecular formula is C36H37ClF6N8O3. The predicted octanol–water partition coefficient (Wildman–Crippen LogP) is 7.87. The lowest BCUT2D eigenvalue weighted by molar-refractivity contribution is -0.148. The smallest absolute Gasteiger partial charge is 0.333 e. The molecule has 2 N–H and O–H groups in total. The Labute approximate surface area is 311 Å². The summed E-state index contributed by atoms with van der Waals surface area (Å²) < 4.78 is 88.8. The van der Waals surface area contributed by atoms with Gasteiger partial charge in [0.2, 0.25) is 5.92 Å². The normalized spacial score (nSPS) is 20.9. The van der Waals surface area contributed by atoms with Gasteiger partial charge in [-0.15, -0.1) is 0 Å². The van der Waals surface area contributed by atoms with E-state index in [0.29, 0.717) is 21.4 Å². The molecule has 1 aliphatic carbocycles. The standard InChI is InChI=1S/C36H37ClF6N8O3/c1-34(2,3)17-36(23-8-5-19(6-9-23)22-14-46-49(15-22)32(40)41)31(53)50(33(44)48-36)27(16-54-28(52)13-21-11-24(21)35(4,42)43)20-7-10-25(37)26(12-20)51-30(29(38)39)45-18-47-51/h5-10,12,14-15,18,21,24,27,29,32H,11,13,16-17H2,1-4H3,(H2,44,48)/t21-,24+,27-,36-/m1/s1. The maximum Gasteiger partial charge on any atom is 0.333 e. The fourth-order valence-corrected chi connectivity index (χ4v) is 7.15. The number of hydrogen-bond acceptors (Lipinski definition) is 8. The molecule has 1 amide bonds. The van der Waals surface area contributed by atoms with Gasteiger partial charge >= 0.3 is 12.5 Å². The quantitative estimate of drug-likeness (QED) is 0.108. The van der Waals surface area contributed by atoms with Crippen molar-refractivity contribution in [1.82, 2.24) is 29.4 Å². The van der Waals surface area contributed by atoms with Gasteiger partial charge in [0.1, 0.15) is 12.9 Å². The zero-order valence-electron chi connectivity index (χ0n) is 29.6. The molecule has 0 radical (unpaired) electrons. The molecule has 0 spiro atoms. The van der Waals surface area contributed by atoms with Crippen LogP contribution in [0, 0.1) is 17.3 Å². The van der Waals surface area contributed by atoms with Gasteiger partial charge < -0.3 is 10.5 Å². The second kappa shape index (κ2) is 14.4. The van der Waals surface area contributed by atoms with Gasteiger partial charge in [-0.2, -0.15) is 19.0 Å². The van der Waals surface area contributed by atoms with Gasteiger partial charge in [-0.1, -0.05) is 62.7 Å². The Kier molecular flexibility index (Phi) is 10.3. The number of rotatable bonds is 13. The maximum absolute atomic E-state index is 14.9. The van der Waals surface area contributed by atoms with Crippen LogP contribution < -0.4 is 5.73 Å². The van der Waals surface area contributed by atoms with Crippen LogP contribution in [0.1, 0.15) is 82.9 Å². The molecular weight excluding hydrogens is 742 g/mol. The number of aromatic nitrogens is 5. The molecule has 18 heteroatoms. The predicted molar refractivity (Wildman–Crippen MR) is 185 cm³/mol. The van der Waals surface area contributed by atoms with Gasteiger partial charge in [-0.05, 0) is 59.9 Å². The van der Waals surface area contributed by atoms with Gasteiger partial charge in [0.15, 0.2) is 17.3 Å². The monoisotopic (exact) mass is 778 g/mol. The summed E-state index contributed by atoms with van der Waals surface area (Å²) in [5.41, 5.74) is 6.05. The number of carbonyl (C=O) groups is 2. The Bertz CT molecular complexity index is 2060. The van der Waals surface area contributed by atoms with Crippen molar-refractivity contribution < 1.29 is 40.7 Å². The topological polar surface area (TPSA) is 134 Å². The third-order valence-electron chi connectivity index (χ3n) is 9.48. The molecule has 1 saturated carbocycles. The van der Waals surface area contributed by atoms with Gasteiger partial charge in [0.25, 0.3) is 12.3 Å². The minimum Gasteiger partial charge on any atom is -0.463 e. The van der Waals surface area contributed by atoms with Crippen LogP contribution >= 0.6 is 11.6 Å². The lowest BCUT2D eigenvalue weighted by Crippen LogP contribution is -2.47. The molecule has 54 heavy (non-hydrogen) atoms. The average Bonchev–Trinajstić information content (AvgIpc) is 3.40. The summed E-state index contributed by atoms with van der Waals surface area (Å²) in [6.45, 7) is 3.16. The van der Waals surface area contributed by atoms with Crippen LogP contribution in [0.2, 0.25) is 5.02 Å². The van der Waals surface area contributed by atoms with Crippen molar-refractivity contribution in [3.63, 3.8) is 0 Å². The number of halogens is 7. The van der Waals surface area contributed by atoms with E-state index in [4.69, 9.17) is 27.1 Å². The van der Waals surface area contributed by atoms with Crippen LogP contribution in [0.4, 0.5) is 26.3 Å². The molecule has 288 valence electrons. The molecule has 2 aliphatic rings. The Hall–Kier alpha value is -4.93. The number of amides is 1. The molecule has 6 rings (SSSR count). The van der Waals surface area contributed by atoms with Crippen LogP contribution in [0.25, 0.3) is 16.8 Å². The molecule has 11 nitrogen and oxygen atoms in total. The fraction of sp³-hybridized carbons (Fsp3) is 0.444. The largest absolute Gasteiger partial charge is 0.463 e. The van der Waals surface area contributed by atoms with Crippen LogP contribution in [0.3, 0.4) is 0 Å². The van der Waals surface area contributed by atoms with Gasteiger partial charge in [0, 0.05) is 24.1 Å². The van der Waals surface area contributed by atoms with Crippen LogP contribution in [0.15, 0.2) is 66.2 Å². The zero-order chi connectivity index (χ0) is 39.3. The number of ether oxygens (including phenoxy) is 1. The third-order valence-corrected chi connectivity index (χ3v) is 9.80. The van der Waals surface area contributed by atoms with Gasteiger partial charge in [0.05, 0.1) is 22.9 Å². The lowest BCUT2D eigenvalue weighted by atomic mass is 9.75. The van der Waals surface area contributed by atoms with E-state index >= 15 is 0 Å². The zero-order valence-corrected chi connectivity index (χ0v) is 30.3. The highest BCUT2D eigenvalue weighted by atomic mass is 35.5. The number of carbonyl (C=O) groups excluding carboxylic acids is 2. The summed E-state index contributed by atoms with van der Waals surface area (Å²) in [6, 6.07) is 9.63. The number of nitrogens with two attached hydrogens (primary N) is 1. The Morgan fingerprint density at radius 3 is 2.35 bits per heavy atom. The lowest BCUT2D eigenvalue weighted by Gasteiger charge is -2.35. The van der Waals surface area contributed by atoms with Crippen molar-refractivity contribution in [2.75, 3.05) is 6.61 Å². The first-order chi connectivity index (χ1) is 25.3. The highest BCUT2D eigenvalue weighted by Crippen LogP contribution is 2.51. The first kappa shape index (κ1) is 38.8. The Balaban J connectivity index is 1.38. The second-order valence-corrected chi connectivity index (χ2v) is 15.2. The molecule has 4 aromatic rings. The van der Waals surface area contributed by atoms with Crippen molar-refractivity contribution in [3.05, 3.63) is 83.2 Å². The molecule has 1 fully saturated rings. The number of guanidine groups is 1. The van der Waals surface area contributed by atoms with Crippen molar-refractivity contribution in [1.29, 1.82) is 0 Å². The van der Waals surface area contributed by atoms with Crippen LogP contribution in [0.5, 0.6) is 0 Å². The SMILES string of the molecule is CC(C)(C)C[C@]1(c2ccc(-c3cnn(C(F)F)c3)cc2)N=C(N)N([C@H](COC(=O)C[C@H]2C[C@@H]2C(C)(F)F)c2ccc(Cl)c(-n3ncnc3C(F)F)c2)C1=O. The molecule has 0 unspecified atom stereocenters.